The van der Waals surface area contributed by atoms with Gasteiger partial charge in [0.05, 0.1) is 6.61 Å². The van der Waals surface area contributed by atoms with Crippen molar-refractivity contribution < 1.29 is 25.4 Å². The van der Waals surface area contributed by atoms with Crippen LogP contribution in [0, 0.1) is 0 Å². The first-order chi connectivity index (χ1) is 7.13. The third kappa shape index (κ3) is 1.55. The van der Waals surface area contributed by atoms with Crippen LogP contribution in [0.2, 0.25) is 0 Å². The molecule has 5 heteroatoms. The molecule has 2 aliphatic rings. The summed E-state index contributed by atoms with van der Waals surface area (Å²) < 4.78 is 29.0. The molecule has 14 heavy (non-hydrogen) atoms. The molecule has 2 unspecified atom stereocenters. The largest absolute Gasteiger partial charge is 0.394 e. The highest BCUT2D eigenvalue weighted by atomic mass is 16.8. The molecule has 0 aliphatic carbocycles. The van der Waals surface area contributed by atoms with Crippen LogP contribution in [0.3, 0.4) is 0 Å². The van der Waals surface area contributed by atoms with Crippen molar-refractivity contribution in [2.75, 3.05) is 13.7 Å². The Morgan fingerprint density at radius 2 is 2.21 bits per heavy atom. The Bertz CT molecular complexity index is 219. The fourth-order valence-corrected chi connectivity index (χ4v) is 1.90. The highest BCUT2D eigenvalue weighted by molar-refractivity contribution is 4.94. The van der Waals surface area contributed by atoms with E-state index in [1.54, 1.807) is 6.92 Å². The molecule has 0 aromatic rings. The van der Waals surface area contributed by atoms with E-state index in [1.807, 2.05) is 0 Å². The zero-order chi connectivity index (χ0) is 11.1. The average Bonchev–Trinajstić information content (AvgIpc) is 2.73. The van der Waals surface area contributed by atoms with Crippen LogP contribution in [0.25, 0.3) is 0 Å². The van der Waals surface area contributed by atoms with Gasteiger partial charge in [0.2, 0.25) is 0 Å². The zero-order valence-corrected chi connectivity index (χ0v) is 8.30. The van der Waals surface area contributed by atoms with Crippen LogP contribution in [0.5, 0.6) is 0 Å². The van der Waals surface area contributed by atoms with Crippen LogP contribution in [0.1, 0.15) is 15.2 Å². The van der Waals surface area contributed by atoms with Crippen molar-refractivity contribution in [1.82, 2.24) is 0 Å². The number of ether oxygens (including phenoxy) is 4. The van der Waals surface area contributed by atoms with E-state index in [4.69, 9.17) is 25.4 Å². The van der Waals surface area contributed by atoms with E-state index in [-0.39, 0.29) is 25.7 Å². The lowest BCUT2D eigenvalue weighted by Crippen LogP contribution is -2.31. The maximum absolute atomic E-state index is 9.11. The summed E-state index contributed by atoms with van der Waals surface area (Å²) in [6.07, 6.45) is -1.67. The number of rotatable bonds is 2. The standard InChI is InChI=1S/C9H16O5/c1-9(2)13-6-5(4-10)12-8(11-3)7(6)14-9/h5-8,10H,4H2,1-3H3/t5-,6-,7-,8?/m1/s1/i1D/t5-,6-,7-,8?,9?. The van der Waals surface area contributed by atoms with Crippen molar-refractivity contribution in [2.24, 2.45) is 0 Å². The fraction of sp³-hybridized carbons (Fsp3) is 1.00. The van der Waals surface area contributed by atoms with E-state index in [9.17, 15) is 0 Å². The second kappa shape index (κ2) is 3.43. The van der Waals surface area contributed by atoms with Crippen LogP contribution in [-0.4, -0.2) is 49.2 Å². The molecule has 5 nitrogen and oxygen atoms in total. The zero-order valence-electron chi connectivity index (χ0n) is 9.30. The van der Waals surface area contributed by atoms with Crippen molar-refractivity contribution in [2.45, 2.75) is 44.2 Å². The molecule has 2 fully saturated rings. The van der Waals surface area contributed by atoms with Gasteiger partial charge < -0.3 is 24.1 Å². The molecule has 0 aromatic heterocycles. The van der Waals surface area contributed by atoms with E-state index in [1.165, 1.54) is 7.11 Å². The Labute approximate surface area is 84.3 Å². The van der Waals surface area contributed by atoms with Crippen LogP contribution < -0.4 is 0 Å². The van der Waals surface area contributed by atoms with Crippen molar-refractivity contribution in [1.29, 1.82) is 0 Å². The molecule has 5 atom stereocenters. The molecule has 0 aromatic carbocycles. The lowest BCUT2D eigenvalue weighted by atomic mass is 10.1. The smallest absolute Gasteiger partial charge is 0.186 e. The third-order valence-corrected chi connectivity index (χ3v) is 2.45. The van der Waals surface area contributed by atoms with Gasteiger partial charge in [-0.1, -0.05) is 0 Å². The maximum Gasteiger partial charge on any atom is 0.186 e. The van der Waals surface area contributed by atoms with Gasteiger partial charge >= 0.3 is 0 Å². The minimum absolute atomic E-state index is 0.00851. The minimum Gasteiger partial charge on any atom is -0.394 e. The Kier molecular flexibility index (Phi) is 2.22. The van der Waals surface area contributed by atoms with E-state index < -0.39 is 18.2 Å². The molecule has 1 N–H and O–H groups in total. The molecule has 2 saturated heterocycles. The number of aliphatic hydroxyl groups excluding tert-OH is 1. The number of hydrogen-bond acceptors (Lipinski definition) is 5. The van der Waals surface area contributed by atoms with E-state index in [2.05, 4.69) is 0 Å². The summed E-state index contributed by atoms with van der Waals surface area (Å²) in [5.74, 6) is -0.913. The summed E-state index contributed by atoms with van der Waals surface area (Å²) >= 11 is 0. The molecule has 0 spiro atoms. The van der Waals surface area contributed by atoms with Gasteiger partial charge in [0.1, 0.15) is 18.3 Å². The lowest BCUT2D eigenvalue weighted by Gasteiger charge is -2.22. The van der Waals surface area contributed by atoms with Gasteiger partial charge in [-0.15, -0.1) is 0 Å². The van der Waals surface area contributed by atoms with Gasteiger partial charge in [-0.25, -0.2) is 0 Å². The first-order valence-corrected chi connectivity index (χ1v) is 4.57. The molecule has 0 saturated carbocycles. The predicted molar refractivity (Wildman–Crippen MR) is 46.6 cm³/mol. The van der Waals surface area contributed by atoms with Crippen LogP contribution in [-0.2, 0) is 18.9 Å². The lowest BCUT2D eigenvalue weighted by molar-refractivity contribution is -0.230. The van der Waals surface area contributed by atoms with Crippen molar-refractivity contribution in [3.8, 4) is 0 Å². The summed E-state index contributed by atoms with van der Waals surface area (Å²) in [5, 5.41) is 9.11. The topological polar surface area (TPSA) is 57.2 Å². The number of hydrogen-bond donors (Lipinski definition) is 1. The Balaban J connectivity index is 2.12. The molecular formula is C9H16O5. The SMILES string of the molecule is [2H]CC1(C)O[C@@H]2[C@@H](CO)OC(OC)[C@@H]2O1. The second-order valence-corrected chi connectivity index (χ2v) is 3.76. The Hall–Kier alpha value is -0.200. The van der Waals surface area contributed by atoms with Crippen LogP contribution in [0.15, 0.2) is 0 Å². The first-order valence-electron chi connectivity index (χ1n) is 5.28. The fourth-order valence-electron chi connectivity index (χ4n) is 1.90. The van der Waals surface area contributed by atoms with E-state index in [0.717, 1.165) is 0 Å². The van der Waals surface area contributed by atoms with Gasteiger partial charge in [-0.3, -0.25) is 0 Å². The maximum atomic E-state index is 9.11. The molecule has 2 rings (SSSR count). The van der Waals surface area contributed by atoms with Crippen LogP contribution >= 0.6 is 0 Å². The molecular weight excluding hydrogens is 188 g/mol. The quantitative estimate of drug-likeness (QED) is 0.680. The summed E-state index contributed by atoms with van der Waals surface area (Å²) in [4.78, 5) is 0. The van der Waals surface area contributed by atoms with Crippen molar-refractivity contribution in [3.05, 3.63) is 0 Å². The second-order valence-electron chi connectivity index (χ2n) is 3.76. The monoisotopic (exact) mass is 205 g/mol. The first kappa shape index (κ1) is 9.06. The summed E-state index contributed by atoms with van der Waals surface area (Å²) in [6, 6.07) is 0. The Morgan fingerprint density at radius 3 is 2.79 bits per heavy atom. The molecule has 0 radical (unpaired) electrons. The normalized spacial score (nSPS) is 53.2. The van der Waals surface area contributed by atoms with Crippen molar-refractivity contribution in [3.63, 3.8) is 0 Å². The molecule has 0 bridgehead atoms. The Morgan fingerprint density at radius 1 is 1.50 bits per heavy atom. The van der Waals surface area contributed by atoms with Gasteiger partial charge in [0.15, 0.2) is 12.1 Å². The third-order valence-electron chi connectivity index (χ3n) is 2.45. The number of fused-ring (bicyclic) bond motifs is 1. The molecule has 0 amide bonds. The molecule has 2 aliphatic heterocycles. The van der Waals surface area contributed by atoms with Gasteiger partial charge in [0, 0.05) is 8.48 Å². The van der Waals surface area contributed by atoms with Crippen molar-refractivity contribution >= 4 is 0 Å². The average molecular weight is 205 g/mol. The molecule has 82 valence electrons. The van der Waals surface area contributed by atoms with Gasteiger partial charge in [-0.2, -0.15) is 0 Å². The van der Waals surface area contributed by atoms with E-state index in [0.29, 0.717) is 0 Å². The summed E-state index contributed by atoms with van der Waals surface area (Å²) in [5.41, 5.74) is 0. The van der Waals surface area contributed by atoms with Crippen LogP contribution in [0.4, 0.5) is 0 Å². The highest BCUT2D eigenvalue weighted by Gasteiger charge is 2.55. The highest BCUT2D eigenvalue weighted by Crippen LogP contribution is 2.38. The summed E-state index contributed by atoms with van der Waals surface area (Å²) in [6.45, 7) is 1.58. The predicted octanol–water partition coefficient (Wildman–Crippen LogP) is -0.130. The van der Waals surface area contributed by atoms with Gasteiger partial charge in [-0.05, 0) is 13.8 Å². The molecule has 2 heterocycles. The number of methoxy groups -OCH3 is 1. The minimum atomic E-state index is -0.913. The number of aliphatic hydroxyl groups is 1. The van der Waals surface area contributed by atoms with Gasteiger partial charge in [0.25, 0.3) is 0 Å². The van der Waals surface area contributed by atoms with E-state index >= 15 is 0 Å². The summed E-state index contributed by atoms with van der Waals surface area (Å²) in [7, 11) is 1.52.